The van der Waals surface area contributed by atoms with Crippen molar-refractivity contribution in [3.8, 4) is 5.75 Å². The van der Waals surface area contributed by atoms with E-state index in [0.717, 1.165) is 40.7 Å². The largest absolute Gasteiger partial charge is 0.496 e. The minimum absolute atomic E-state index is 0.143. The number of rotatable bonds is 5. The van der Waals surface area contributed by atoms with Crippen molar-refractivity contribution in [2.24, 2.45) is 5.92 Å². The molecule has 1 N–H and O–H groups in total. The lowest BCUT2D eigenvalue weighted by molar-refractivity contribution is -0.131. The minimum atomic E-state index is -3.92. The molecule has 1 aromatic heterocycles. The van der Waals surface area contributed by atoms with Crippen molar-refractivity contribution in [3.63, 3.8) is 0 Å². The smallest absolute Gasteiger partial charge is 0.328 e. The van der Waals surface area contributed by atoms with Crippen LogP contribution in [0.1, 0.15) is 42.6 Å². The van der Waals surface area contributed by atoms with Crippen LogP contribution in [0, 0.1) is 12.8 Å². The number of fused-ring (bicyclic) bond motifs is 5. The second kappa shape index (κ2) is 8.84. The van der Waals surface area contributed by atoms with Crippen LogP contribution in [-0.4, -0.2) is 48.6 Å². The molecule has 0 radical (unpaired) electrons. The summed E-state index contributed by atoms with van der Waals surface area (Å²) in [5.74, 6) is -0.170. The third-order valence-electron chi connectivity index (χ3n) is 7.45. The SMILES string of the molecule is CC[C@H]1CN2CCc3c(n(S(=O)(=O)c4ccc(C)cc4)c4cccc(OC)c34)[C@@H]2C/C1=C\C(=O)O. The van der Waals surface area contributed by atoms with Crippen LogP contribution < -0.4 is 4.74 Å². The first-order valence-corrected chi connectivity index (χ1v) is 13.4. The van der Waals surface area contributed by atoms with Crippen molar-refractivity contribution in [2.75, 3.05) is 20.2 Å². The van der Waals surface area contributed by atoms with Crippen molar-refractivity contribution >= 4 is 26.9 Å². The van der Waals surface area contributed by atoms with Crippen LogP contribution in [0.4, 0.5) is 0 Å². The zero-order chi connectivity index (χ0) is 24.9. The molecule has 3 heterocycles. The van der Waals surface area contributed by atoms with E-state index < -0.39 is 16.0 Å². The molecule has 184 valence electrons. The molecule has 5 rings (SSSR count). The summed E-state index contributed by atoms with van der Waals surface area (Å²) < 4.78 is 35.4. The van der Waals surface area contributed by atoms with E-state index in [1.807, 2.05) is 25.1 Å². The van der Waals surface area contributed by atoms with E-state index >= 15 is 0 Å². The van der Waals surface area contributed by atoms with Gasteiger partial charge in [-0.1, -0.05) is 36.3 Å². The fourth-order valence-corrected chi connectivity index (χ4v) is 7.34. The molecule has 0 spiro atoms. The van der Waals surface area contributed by atoms with Gasteiger partial charge in [0.25, 0.3) is 10.0 Å². The first-order valence-electron chi connectivity index (χ1n) is 12.0. The topological polar surface area (TPSA) is 88.8 Å². The average molecular weight is 495 g/mol. The van der Waals surface area contributed by atoms with Gasteiger partial charge in [-0.15, -0.1) is 0 Å². The molecule has 3 aromatic rings. The highest BCUT2D eigenvalue weighted by Crippen LogP contribution is 2.47. The minimum Gasteiger partial charge on any atom is -0.496 e. The second-order valence-corrected chi connectivity index (χ2v) is 11.2. The first kappa shape index (κ1) is 23.6. The number of ether oxygens (including phenoxy) is 1. The van der Waals surface area contributed by atoms with Crippen LogP contribution in [0.25, 0.3) is 10.9 Å². The molecule has 8 heteroatoms. The molecule has 0 bridgehead atoms. The average Bonchev–Trinajstić information content (AvgIpc) is 3.19. The summed E-state index contributed by atoms with van der Waals surface area (Å²) in [4.78, 5) is 14.1. The highest BCUT2D eigenvalue weighted by molar-refractivity contribution is 7.90. The molecule has 2 aliphatic rings. The number of benzene rings is 2. The summed E-state index contributed by atoms with van der Waals surface area (Å²) in [6.45, 7) is 5.49. The van der Waals surface area contributed by atoms with Gasteiger partial charge >= 0.3 is 5.97 Å². The number of methoxy groups -OCH3 is 1. The second-order valence-electron chi connectivity index (χ2n) is 9.43. The monoisotopic (exact) mass is 494 g/mol. The number of hydrogen-bond donors (Lipinski definition) is 1. The fourth-order valence-electron chi connectivity index (χ4n) is 5.75. The molecule has 1 saturated heterocycles. The maximum absolute atomic E-state index is 14.1. The highest BCUT2D eigenvalue weighted by atomic mass is 32.2. The summed E-state index contributed by atoms with van der Waals surface area (Å²) in [5.41, 5.74) is 4.14. The molecule has 2 atom stereocenters. The Kier molecular flexibility index (Phi) is 5.97. The van der Waals surface area contributed by atoms with Gasteiger partial charge in [0.15, 0.2) is 0 Å². The highest BCUT2D eigenvalue weighted by Gasteiger charge is 2.41. The lowest BCUT2D eigenvalue weighted by Crippen LogP contribution is -2.44. The van der Waals surface area contributed by atoms with Crippen molar-refractivity contribution in [3.05, 3.63) is 70.9 Å². The van der Waals surface area contributed by atoms with E-state index in [0.29, 0.717) is 30.7 Å². The van der Waals surface area contributed by atoms with Gasteiger partial charge in [0.05, 0.1) is 29.3 Å². The number of carboxylic acids is 1. The summed E-state index contributed by atoms with van der Waals surface area (Å²) >= 11 is 0. The third kappa shape index (κ3) is 3.85. The predicted octanol–water partition coefficient (Wildman–Crippen LogP) is 4.54. The predicted molar refractivity (Wildman–Crippen MR) is 134 cm³/mol. The van der Waals surface area contributed by atoms with Gasteiger partial charge in [0.2, 0.25) is 0 Å². The van der Waals surface area contributed by atoms with Gasteiger partial charge in [-0.25, -0.2) is 17.2 Å². The van der Waals surface area contributed by atoms with E-state index in [4.69, 9.17) is 4.74 Å². The van der Waals surface area contributed by atoms with Crippen molar-refractivity contribution in [1.82, 2.24) is 8.87 Å². The van der Waals surface area contributed by atoms with Crippen LogP contribution in [0.3, 0.4) is 0 Å². The van der Waals surface area contributed by atoms with Gasteiger partial charge in [0, 0.05) is 24.6 Å². The van der Waals surface area contributed by atoms with E-state index in [1.54, 1.807) is 31.4 Å². The van der Waals surface area contributed by atoms with Gasteiger partial charge in [-0.2, -0.15) is 0 Å². The molecule has 0 saturated carbocycles. The van der Waals surface area contributed by atoms with Crippen molar-refractivity contribution in [2.45, 2.75) is 44.0 Å². The zero-order valence-electron chi connectivity index (χ0n) is 20.2. The normalized spacial score (nSPS) is 21.6. The summed E-state index contributed by atoms with van der Waals surface area (Å²) in [6.07, 6.45) is 3.35. The molecule has 35 heavy (non-hydrogen) atoms. The Bertz CT molecular complexity index is 1440. The van der Waals surface area contributed by atoms with Crippen LogP contribution in [-0.2, 0) is 21.2 Å². The molecule has 2 aliphatic heterocycles. The Morgan fingerprint density at radius 3 is 2.60 bits per heavy atom. The number of piperidine rings is 1. The van der Waals surface area contributed by atoms with Crippen LogP contribution in [0.5, 0.6) is 5.75 Å². The van der Waals surface area contributed by atoms with Gasteiger partial charge < -0.3 is 9.84 Å². The number of aliphatic carboxylic acids is 1. The van der Waals surface area contributed by atoms with Gasteiger partial charge in [-0.05, 0) is 61.9 Å². The lowest BCUT2D eigenvalue weighted by atomic mass is 9.81. The fraction of sp³-hybridized carbons (Fsp3) is 0.370. The number of aryl methyl sites for hydroxylation is 1. The molecule has 7 nitrogen and oxygen atoms in total. The Balaban J connectivity index is 1.79. The summed E-state index contributed by atoms with van der Waals surface area (Å²) in [6, 6.07) is 12.2. The number of carboxylic acid groups (broad SMARTS) is 1. The Morgan fingerprint density at radius 2 is 1.94 bits per heavy atom. The zero-order valence-corrected chi connectivity index (χ0v) is 21.0. The lowest BCUT2D eigenvalue weighted by Gasteiger charge is -2.44. The molecule has 1 fully saturated rings. The molecular weight excluding hydrogens is 464 g/mol. The first-order chi connectivity index (χ1) is 16.8. The van der Waals surface area contributed by atoms with Crippen LogP contribution in [0.2, 0.25) is 0 Å². The van der Waals surface area contributed by atoms with E-state index in [-0.39, 0.29) is 16.9 Å². The third-order valence-corrected chi connectivity index (χ3v) is 9.19. The Labute approximate surface area is 205 Å². The van der Waals surface area contributed by atoms with E-state index in [1.165, 1.54) is 10.0 Å². The van der Waals surface area contributed by atoms with Gasteiger partial charge in [0.1, 0.15) is 5.75 Å². The maximum atomic E-state index is 14.1. The van der Waals surface area contributed by atoms with Crippen LogP contribution >= 0.6 is 0 Å². The Morgan fingerprint density at radius 1 is 1.20 bits per heavy atom. The molecule has 0 amide bonds. The quantitative estimate of drug-likeness (QED) is 0.524. The molecule has 0 unspecified atom stereocenters. The number of carbonyl (C=O) groups is 1. The molecular formula is C27H30N2O5S. The van der Waals surface area contributed by atoms with Crippen molar-refractivity contribution < 1.29 is 23.1 Å². The van der Waals surface area contributed by atoms with E-state index in [9.17, 15) is 18.3 Å². The Hall–Kier alpha value is -3.10. The number of hydrogen-bond acceptors (Lipinski definition) is 5. The standard InChI is InChI=1S/C27H30N2O5S/c1-4-18-16-28-13-12-21-26-22(6-5-7-24(26)34-3)29(27(21)23(28)14-19(18)15-25(30)31)35(32,33)20-10-8-17(2)9-11-20/h5-11,15,18,23H,4,12-14,16H2,1-3H3,(H,30,31)/b19-15+/t18-,23-/m0/s1. The maximum Gasteiger partial charge on any atom is 0.328 e. The molecule has 0 aliphatic carbocycles. The van der Waals surface area contributed by atoms with E-state index in [2.05, 4.69) is 11.8 Å². The van der Waals surface area contributed by atoms with Crippen molar-refractivity contribution in [1.29, 1.82) is 0 Å². The number of nitrogens with zero attached hydrogens (tertiary/aromatic N) is 2. The van der Waals surface area contributed by atoms with Crippen LogP contribution in [0.15, 0.2) is 59.0 Å². The number of aromatic nitrogens is 1. The summed E-state index contributed by atoms with van der Waals surface area (Å²) in [7, 11) is -2.32. The van der Waals surface area contributed by atoms with Gasteiger partial charge in [-0.3, -0.25) is 4.90 Å². The summed E-state index contributed by atoms with van der Waals surface area (Å²) in [5, 5.41) is 10.3. The molecule has 2 aromatic carbocycles.